The first-order chi connectivity index (χ1) is 6.39. The number of alkyl halides is 6. The second-order valence-electron chi connectivity index (χ2n) is 4.62. The maximum atomic E-state index is 6.46. The predicted molar refractivity (Wildman–Crippen MR) is 80.4 cm³/mol. The Balaban J connectivity index is 5.30. The van der Waals surface area contributed by atoms with Gasteiger partial charge in [0.25, 0.3) is 0 Å². The van der Waals surface area contributed by atoms with Gasteiger partial charge >= 0.3 is 0 Å². The third-order valence-electron chi connectivity index (χ3n) is 2.71. The zero-order valence-corrected chi connectivity index (χ0v) is 15.5. The topological polar surface area (TPSA) is 0 Å². The molecule has 0 bridgehead atoms. The van der Waals surface area contributed by atoms with Gasteiger partial charge in [-0.25, -0.2) is 0 Å². The van der Waals surface area contributed by atoms with E-state index in [-0.39, 0.29) is 0 Å². The van der Waals surface area contributed by atoms with Crippen LogP contribution in [0.1, 0.15) is 0 Å². The molecule has 0 saturated heterocycles. The summed E-state index contributed by atoms with van der Waals surface area (Å²) < 4.78 is -2.07. The Hall–Kier alpha value is 2.17. The highest BCUT2D eigenvalue weighted by Crippen LogP contribution is 2.47. The van der Waals surface area contributed by atoms with E-state index < -0.39 is 28.6 Å². The molecule has 0 aliphatic carbocycles. The SMILES string of the molecule is C[Si](C)(C(Cl)Cl)C(Cl)(Cl)[Si](C)(C)C(Cl)Cl. The van der Waals surface area contributed by atoms with Crippen molar-refractivity contribution in [3.63, 3.8) is 0 Å². The lowest BCUT2D eigenvalue weighted by atomic mass is 11.7. The standard InChI is InChI=1S/C7H14Cl6Si2/c1-14(2,5(8)9)7(12,13)15(3,4)6(10)11/h5-6H,1-4H3. The lowest BCUT2D eigenvalue weighted by molar-refractivity contribution is 1.30. The summed E-state index contributed by atoms with van der Waals surface area (Å²) in [5.74, 6) is 0. The number of halogens is 6. The molecule has 0 aromatic carbocycles. The summed E-state index contributed by atoms with van der Waals surface area (Å²) in [6.45, 7) is 7.79. The summed E-state index contributed by atoms with van der Waals surface area (Å²) in [5.41, 5.74) is 0. The van der Waals surface area contributed by atoms with Gasteiger partial charge in [0, 0.05) is 0 Å². The fraction of sp³-hybridized carbons (Fsp3) is 1.00. The van der Waals surface area contributed by atoms with Crippen molar-refractivity contribution in [2.24, 2.45) is 0 Å². The fourth-order valence-electron chi connectivity index (χ4n) is 1.10. The fourth-order valence-corrected chi connectivity index (χ4v) is 14.9. The van der Waals surface area contributed by atoms with E-state index in [2.05, 4.69) is 0 Å². The Morgan fingerprint density at radius 1 is 0.733 bits per heavy atom. The molecule has 0 unspecified atom stereocenters. The van der Waals surface area contributed by atoms with Crippen molar-refractivity contribution < 1.29 is 0 Å². The van der Waals surface area contributed by atoms with Gasteiger partial charge in [0.15, 0.2) is 0 Å². The van der Waals surface area contributed by atoms with Crippen LogP contribution in [0.25, 0.3) is 0 Å². The molecule has 0 aromatic rings. The molecule has 15 heavy (non-hydrogen) atoms. The van der Waals surface area contributed by atoms with Crippen molar-refractivity contribution >= 4 is 85.8 Å². The summed E-state index contributed by atoms with van der Waals surface area (Å²) in [4.78, 5) is 0. The molecule has 8 heteroatoms. The molecule has 0 aliphatic heterocycles. The van der Waals surface area contributed by atoms with Crippen LogP contribution in [0.4, 0.5) is 0 Å². The van der Waals surface area contributed by atoms with E-state index in [9.17, 15) is 0 Å². The first-order valence-corrected chi connectivity index (χ1v) is 13.0. The molecule has 0 aliphatic rings. The van der Waals surface area contributed by atoms with E-state index in [1.165, 1.54) is 0 Å². The van der Waals surface area contributed by atoms with Gasteiger partial charge in [0.05, 0.1) is 0 Å². The second kappa shape index (κ2) is 5.44. The Labute approximate surface area is 124 Å². The van der Waals surface area contributed by atoms with Gasteiger partial charge in [-0.05, 0) is 0 Å². The monoisotopic (exact) mass is 364 g/mol. The molecule has 0 radical (unpaired) electrons. The van der Waals surface area contributed by atoms with Crippen molar-refractivity contribution in [3.8, 4) is 0 Å². The van der Waals surface area contributed by atoms with Gasteiger partial charge < -0.3 is 0 Å². The van der Waals surface area contributed by atoms with E-state index in [1.54, 1.807) is 0 Å². The maximum absolute atomic E-state index is 6.46. The lowest BCUT2D eigenvalue weighted by Gasteiger charge is -2.46. The molecular weight excluding hydrogens is 353 g/mol. The van der Waals surface area contributed by atoms with Crippen LogP contribution < -0.4 is 0 Å². The highest BCUT2D eigenvalue weighted by molar-refractivity contribution is 7.21. The van der Waals surface area contributed by atoms with E-state index >= 15 is 0 Å². The lowest BCUT2D eigenvalue weighted by Crippen LogP contribution is -2.67. The summed E-state index contributed by atoms with van der Waals surface area (Å²) in [6.07, 6.45) is 0. The van der Waals surface area contributed by atoms with Crippen LogP contribution in [0.15, 0.2) is 0 Å². The molecule has 0 heterocycles. The van der Waals surface area contributed by atoms with Crippen LogP contribution in [-0.4, -0.2) is 28.6 Å². The van der Waals surface area contributed by atoms with Crippen LogP contribution >= 0.6 is 69.6 Å². The molecule has 0 N–H and O–H groups in total. The average molecular weight is 367 g/mol. The van der Waals surface area contributed by atoms with E-state index in [1.807, 2.05) is 26.2 Å². The molecule has 0 spiro atoms. The molecule has 0 nitrogen and oxygen atoms in total. The maximum Gasteiger partial charge on any atom is 0.125 e. The van der Waals surface area contributed by atoms with E-state index in [0.717, 1.165) is 0 Å². The Bertz CT molecular complexity index is 204. The molecule has 0 aromatic heterocycles. The second-order valence-corrected chi connectivity index (χ2v) is 20.9. The molecule has 92 valence electrons. The average Bonchev–Trinajstić information content (AvgIpc) is 2.02. The summed E-state index contributed by atoms with van der Waals surface area (Å²) in [7, 11) is -4.50. The third kappa shape index (κ3) is 3.14. The minimum atomic E-state index is -2.25. The molecular formula is C7H14Cl6Si2. The summed E-state index contributed by atoms with van der Waals surface area (Å²) >= 11 is 36.8. The largest absolute Gasteiger partial charge is 0.125 e. The molecule has 0 atom stereocenters. The smallest absolute Gasteiger partial charge is 0.109 e. The van der Waals surface area contributed by atoms with Gasteiger partial charge in [0.2, 0.25) is 0 Å². The molecule has 0 fully saturated rings. The first kappa shape index (κ1) is 17.2. The zero-order chi connectivity index (χ0) is 12.7. The summed E-state index contributed by atoms with van der Waals surface area (Å²) in [6, 6.07) is 0. The predicted octanol–water partition coefficient (Wildman–Crippen LogP) is 5.34. The van der Waals surface area contributed by atoms with Crippen LogP contribution in [0, 0.1) is 0 Å². The van der Waals surface area contributed by atoms with Gasteiger partial charge in [-0.2, -0.15) is 0 Å². The van der Waals surface area contributed by atoms with E-state index in [4.69, 9.17) is 69.6 Å². The minimum Gasteiger partial charge on any atom is -0.109 e. The molecule has 0 rings (SSSR count). The summed E-state index contributed by atoms with van der Waals surface area (Å²) in [5, 5.41) is 0. The van der Waals surface area contributed by atoms with Gasteiger partial charge in [0.1, 0.15) is 28.6 Å². The Morgan fingerprint density at radius 3 is 1.07 bits per heavy atom. The Morgan fingerprint density at radius 2 is 0.933 bits per heavy atom. The number of rotatable bonds is 4. The minimum absolute atomic E-state index is 0.550. The number of hydrogen-bond acceptors (Lipinski definition) is 0. The van der Waals surface area contributed by atoms with Crippen LogP contribution in [-0.2, 0) is 0 Å². The normalized spacial score (nSPS) is 15.2. The number of hydrogen-bond donors (Lipinski definition) is 0. The van der Waals surface area contributed by atoms with E-state index in [0.29, 0.717) is 0 Å². The quantitative estimate of drug-likeness (QED) is 0.465. The third-order valence-corrected chi connectivity index (χ3v) is 24.4. The first-order valence-electron chi connectivity index (χ1n) is 4.33. The van der Waals surface area contributed by atoms with Crippen LogP contribution in [0.3, 0.4) is 0 Å². The van der Waals surface area contributed by atoms with Crippen LogP contribution in [0.2, 0.25) is 26.2 Å². The zero-order valence-electron chi connectivity index (χ0n) is 8.92. The van der Waals surface area contributed by atoms with Crippen molar-refractivity contribution in [3.05, 3.63) is 0 Å². The van der Waals surface area contributed by atoms with Gasteiger partial charge in [-0.3, -0.25) is 0 Å². The van der Waals surface area contributed by atoms with Crippen molar-refractivity contribution in [1.82, 2.24) is 0 Å². The van der Waals surface area contributed by atoms with Crippen molar-refractivity contribution in [2.45, 2.75) is 38.7 Å². The highest BCUT2D eigenvalue weighted by Gasteiger charge is 2.60. The van der Waals surface area contributed by atoms with Gasteiger partial charge in [-0.15, -0.1) is 69.6 Å². The molecule has 0 saturated carbocycles. The van der Waals surface area contributed by atoms with Gasteiger partial charge in [-0.1, -0.05) is 26.2 Å². The highest BCUT2D eigenvalue weighted by atomic mass is 35.5. The van der Waals surface area contributed by atoms with Crippen molar-refractivity contribution in [2.75, 3.05) is 0 Å². The molecule has 0 amide bonds. The van der Waals surface area contributed by atoms with Crippen LogP contribution in [0.5, 0.6) is 0 Å². The Kier molecular flexibility index (Phi) is 6.22. The van der Waals surface area contributed by atoms with Crippen molar-refractivity contribution in [1.29, 1.82) is 0 Å².